The molecule has 0 spiro atoms. The zero-order chi connectivity index (χ0) is 25.6. The van der Waals surface area contributed by atoms with E-state index in [2.05, 4.69) is 32.5 Å². The number of nitro groups is 1. The summed E-state index contributed by atoms with van der Waals surface area (Å²) in [6, 6.07) is 14.4. The number of alkyl halides is 3. The average Bonchev–Trinajstić information content (AvgIpc) is 2.83. The number of nitriles is 1. The summed E-state index contributed by atoms with van der Waals surface area (Å²) in [5.74, 6) is 0.736. The molecule has 12 heteroatoms. The summed E-state index contributed by atoms with van der Waals surface area (Å²) in [6.45, 7) is 0.124. The van der Waals surface area contributed by atoms with Crippen LogP contribution < -0.4 is 14.9 Å². The van der Waals surface area contributed by atoms with Gasteiger partial charge in [-0.2, -0.15) is 23.5 Å². The van der Waals surface area contributed by atoms with Crippen molar-refractivity contribution in [3.05, 3.63) is 91.4 Å². The van der Waals surface area contributed by atoms with Gasteiger partial charge in [-0.1, -0.05) is 18.2 Å². The van der Waals surface area contributed by atoms with E-state index in [1.54, 1.807) is 36.4 Å². The second-order valence-corrected chi connectivity index (χ2v) is 7.79. The highest BCUT2D eigenvalue weighted by atomic mass is 79.9. The lowest BCUT2D eigenvalue weighted by Gasteiger charge is -2.13. The highest BCUT2D eigenvalue weighted by molar-refractivity contribution is 9.10. The molecule has 180 valence electrons. The summed E-state index contributed by atoms with van der Waals surface area (Å²) in [5, 5.41) is 24.3. The van der Waals surface area contributed by atoms with Crippen molar-refractivity contribution in [3.63, 3.8) is 0 Å². The first-order valence-electron chi connectivity index (χ1n) is 9.77. The molecule has 0 saturated heterocycles. The van der Waals surface area contributed by atoms with Crippen molar-refractivity contribution in [2.45, 2.75) is 12.8 Å². The summed E-state index contributed by atoms with van der Waals surface area (Å²) < 4.78 is 50.3. The Balaban J connectivity index is 1.79. The molecule has 0 bridgehead atoms. The van der Waals surface area contributed by atoms with Gasteiger partial charge in [-0.3, -0.25) is 15.5 Å². The third-order valence-electron chi connectivity index (χ3n) is 4.71. The van der Waals surface area contributed by atoms with E-state index in [1.165, 1.54) is 13.3 Å². The van der Waals surface area contributed by atoms with Gasteiger partial charge in [-0.05, 0) is 46.3 Å². The molecule has 3 aromatic carbocycles. The van der Waals surface area contributed by atoms with Crippen LogP contribution >= 0.6 is 15.9 Å². The molecular formula is C23H16BrF3N4O4. The van der Waals surface area contributed by atoms with Crippen LogP contribution in [0.1, 0.15) is 22.3 Å². The summed E-state index contributed by atoms with van der Waals surface area (Å²) in [4.78, 5) is 10.3. The molecule has 35 heavy (non-hydrogen) atoms. The van der Waals surface area contributed by atoms with Crippen LogP contribution in [0.25, 0.3) is 0 Å². The van der Waals surface area contributed by atoms with Crippen LogP contribution in [0.3, 0.4) is 0 Å². The predicted octanol–water partition coefficient (Wildman–Crippen LogP) is 6.28. The van der Waals surface area contributed by atoms with E-state index in [1.807, 2.05) is 0 Å². The van der Waals surface area contributed by atoms with Gasteiger partial charge in [0.2, 0.25) is 0 Å². The Morgan fingerprint density at radius 1 is 1.20 bits per heavy atom. The number of nitrogens with one attached hydrogen (secondary N) is 1. The Labute approximate surface area is 205 Å². The standard InChI is InChI=1S/C23H16BrF3N4O4/c1-34-21-8-16(18(24)10-22(21)35-13-15-5-3-2-4-14(15)11-28)12-29-30-19-7-6-17(23(25,26)27)9-20(19)31(32)33/h2-10,12,30H,13H2,1H3/b29-12-. The van der Waals surface area contributed by atoms with Gasteiger partial charge in [0.25, 0.3) is 5.69 Å². The van der Waals surface area contributed by atoms with Crippen LogP contribution in [0.4, 0.5) is 24.5 Å². The smallest absolute Gasteiger partial charge is 0.416 e. The normalized spacial score (nSPS) is 11.2. The molecule has 0 aromatic heterocycles. The van der Waals surface area contributed by atoms with E-state index in [0.717, 1.165) is 12.1 Å². The molecule has 0 aliphatic carbocycles. The van der Waals surface area contributed by atoms with Crippen LogP contribution in [-0.4, -0.2) is 18.2 Å². The van der Waals surface area contributed by atoms with Gasteiger partial charge in [-0.25, -0.2) is 0 Å². The van der Waals surface area contributed by atoms with Crippen molar-refractivity contribution < 1.29 is 27.6 Å². The molecular weight excluding hydrogens is 533 g/mol. The molecule has 0 aliphatic heterocycles. The molecule has 0 heterocycles. The highest BCUT2D eigenvalue weighted by Crippen LogP contribution is 2.36. The maximum absolute atomic E-state index is 12.9. The highest BCUT2D eigenvalue weighted by Gasteiger charge is 2.33. The molecule has 8 nitrogen and oxygen atoms in total. The quantitative estimate of drug-likeness (QED) is 0.201. The lowest BCUT2D eigenvalue weighted by atomic mass is 10.1. The van der Waals surface area contributed by atoms with E-state index < -0.39 is 22.4 Å². The lowest BCUT2D eigenvalue weighted by molar-refractivity contribution is -0.384. The Morgan fingerprint density at radius 2 is 1.94 bits per heavy atom. The van der Waals surface area contributed by atoms with Crippen molar-refractivity contribution in [3.8, 4) is 17.6 Å². The van der Waals surface area contributed by atoms with Crippen molar-refractivity contribution in [1.82, 2.24) is 0 Å². The van der Waals surface area contributed by atoms with Gasteiger partial charge in [-0.15, -0.1) is 0 Å². The summed E-state index contributed by atoms with van der Waals surface area (Å²) >= 11 is 3.38. The molecule has 3 aromatic rings. The third-order valence-corrected chi connectivity index (χ3v) is 5.40. The molecule has 0 atom stereocenters. The molecule has 3 rings (SSSR count). The maximum Gasteiger partial charge on any atom is 0.416 e. The number of hydrogen-bond donors (Lipinski definition) is 1. The van der Waals surface area contributed by atoms with Crippen molar-refractivity contribution in [2.24, 2.45) is 5.10 Å². The van der Waals surface area contributed by atoms with Gasteiger partial charge >= 0.3 is 6.18 Å². The number of nitrogens with zero attached hydrogens (tertiary/aromatic N) is 3. The minimum absolute atomic E-state index is 0.124. The van der Waals surface area contributed by atoms with Gasteiger partial charge in [0, 0.05) is 21.7 Å². The SMILES string of the molecule is COc1cc(/C=N\Nc2ccc(C(F)(F)F)cc2[N+](=O)[O-])c(Br)cc1OCc1ccccc1C#N. The van der Waals surface area contributed by atoms with Gasteiger partial charge in [0.1, 0.15) is 12.3 Å². The molecule has 0 amide bonds. The summed E-state index contributed by atoms with van der Waals surface area (Å²) in [6.07, 6.45) is -3.41. The van der Waals surface area contributed by atoms with Gasteiger partial charge < -0.3 is 9.47 Å². The van der Waals surface area contributed by atoms with Crippen LogP contribution in [-0.2, 0) is 12.8 Å². The number of benzene rings is 3. The van der Waals surface area contributed by atoms with Crippen LogP contribution in [0.2, 0.25) is 0 Å². The van der Waals surface area contributed by atoms with E-state index in [-0.39, 0.29) is 12.3 Å². The number of hydrazone groups is 1. The zero-order valence-electron chi connectivity index (χ0n) is 18.0. The second kappa shape index (κ2) is 10.9. The van der Waals surface area contributed by atoms with Gasteiger partial charge in [0.05, 0.1) is 35.4 Å². The first kappa shape index (κ1) is 25.5. The first-order chi connectivity index (χ1) is 16.6. The molecule has 1 N–H and O–H groups in total. The van der Waals surface area contributed by atoms with Crippen molar-refractivity contribution in [2.75, 3.05) is 12.5 Å². The third kappa shape index (κ3) is 6.27. The summed E-state index contributed by atoms with van der Waals surface area (Å²) in [5.41, 5.74) is 1.95. The van der Waals surface area contributed by atoms with Crippen LogP contribution in [0, 0.1) is 21.4 Å². The van der Waals surface area contributed by atoms with Crippen LogP contribution in [0.15, 0.2) is 64.2 Å². The minimum atomic E-state index is -4.71. The topological polar surface area (TPSA) is 110 Å². The van der Waals surface area contributed by atoms with Gasteiger partial charge in [0.15, 0.2) is 11.5 Å². The fraction of sp³-hybridized carbons (Fsp3) is 0.130. The fourth-order valence-corrected chi connectivity index (χ4v) is 3.38. The summed E-state index contributed by atoms with van der Waals surface area (Å²) in [7, 11) is 1.43. The number of anilines is 1. The molecule has 0 saturated carbocycles. The molecule has 0 unspecified atom stereocenters. The number of rotatable bonds is 8. The average molecular weight is 549 g/mol. The van der Waals surface area contributed by atoms with E-state index >= 15 is 0 Å². The second-order valence-electron chi connectivity index (χ2n) is 6.94. The van der Waals surface area contributed by atoms with E-state index in [0.29, 0.717) is 38.7 Å². The van der Waals surface area contributed by atoms with E-state index in [4.69, 9.17) is 9.47 Å². The number of hydrogen-bond acceptors (Lipinski definition) is 7. The Morgan fingerprint density at radius 3 is 2.60 bits per heavy atom. The molecule has 0 radical (unpaired) electrons. The monoisotopic (exact) mass is 548 g/mol. The lowest BCUT2D eigenvalue weighted by Crippen LogP contribution is -2.06. The van der Waals surface area contributed by atoms with Crippen molar-refractivity contribution >= 4 is 33.5 Å². The van der Waals surface area contributed by atoms with Crippen molar-refractivity contribution in [1.29, 1.82) is 5.26 Å². The Hall–Kier alpha value is -4.11. The zero-order valence-corrected chi connectivity index (χ0v) is 19.6. The molecule has 0 aliphatic rings. The van der Waals surface area contributed by atoms with E-state index in [9.17, 15) is 28.5 Å². The Bertz CT molecular complexity index is 1320. The number of methoxy groups -OCH3 is 1. The Kier molecular flexibility index (Phi) is 7.93. The number of ether oxygens (including phenoxy) is 2. The first-order valence-corrected chi connectivity index (χ1v) is 10.6. The number of halogens is 4. The maximum atomic E-state index is 12.9. The largest absolute Gasteiger partial charge is 0.493 e. The van der Waals surface area contributed by atoms with Crippen LogP contribution in [0.5, 0.6) is 11.5 Å². The fourth-order valence-electron chi connectivity index (χ4n) is 2.96. The predicted molar refractivity (Wildman–Crippen MR) is 125 cm³/mol. The minimum Gasteiger partial charge on any atom is -0.493 e. The number of nitro benzene ring substituents is 1. The molecule has 0 fully saturated rings.